The van der Waals surface area contributed by atoms with Crippen molar-refractivity contribution in [2.24, 2.45) is 5.14 Å². The summed E-state index contributed by atoms with van der Waals surface area (Å²) < 4.78 is 22.8. The van der Waals surface area contributed by atoms with Gasteiger partial charge in [-0.25, -0.2) is 13.6 Å². The van der Waals surface area contributed by atoms with Crippen LogP contribution in [-0.2, 0) is 19.6 Å². The van der Waals surface area contributed by atoms with Crippen molar-refractivity contribution in [1.82, 2.24) is 4.90 Å². The Bertz CT molecular complexity index is 1180. The molecule has 1 heterocycles. The van der Waals surface area contributed by atoms with E-state index in [0.29, 0.717) is 26.2 Å². The highest BCUT2D eigenvalue weighted by atomic mass is 35.5. The van der Waals surface area contributed by atoms with Crippen LogP contribution in [0.3, 0.4) is 0 Å². The molecule has 0 aliphatic carbocycles. The molecule has 0 radical (unpaired) electrons. The van der Waals surface area contributed by atoms with Crippen molar-refractivity contribution in [1.29, 1.82) is 0 Å². The van der Waals surface area contributed by atoms with Gasteiger partial charge >= 0.3 is 0 Å². The summed E-state index contributed by atoms with van der Waals surface area (Å²) in [6.45, 7) is -0.303. The summed E-state index contributed by atoms with van der Waals surface area (Å²) in [7, 11) is -3.83. The number of nitrogens with zero attached hydrogens (tertiary/aromatic N) is 1. The summed E-state index contributed by atoms with van der Waals surface area (Å²) in [5.41, 5.74) is 0.906. The van der Waals surface area contributed by atoms with Gasteiger partial charge in [0.1, 0.15) is 10.9 Å². The summed E-state index contributed by atoms with van der Waals surface area (Å²) in [5.74, 6) is -0.933. The van der Waals surface area contributed by atoms with Crippen molar-refractivity contribution in [3.63, 3.8) is 0 Å². The number of anilines is 1. The molecule has 156 valence electrons. The number of carbonyl (C=O) groups is 2. The van der Waals surface area contributed by atoms with Gasteiger partial charge in [-0.1, -0.05) is 59.3 Å². The second-order valence-corrected chi connectivity index (χ2v) is 10.1. The first-order valence-electron chi connectivity index (χ1n) is 8.18. The minimum atomic E-state index is -3.83. The second kappa shape index (κ2) is 9.04. The lowest BCUT2D eigenvalue weighted by Crippen LogP contribution is -2.36. The topological polar surface area (TPSA) is 110 Å². The second-order valence-electron chi connectivity index (χ2n) is 6.03. The molecule has 30 heavy (non-hydrogen) atoms. The van der Waals surface area contributed by atoms with E-state index in [4.69, 9.17) is 40.6 Å². The smallest absolute Gasteiger partial charge is 0.266 e. The fourth-order valence-electron chi connectivity index (χ4n) is 2.48. The molecule has 2 aromatic rings. The summed E-state index contributed by atoms with van der Waals surface area (Å²) >= 11 is 18.4. The van der Waals surface area contributed by atoms with Crippen molar-refractivity contribution in [2.45, 2.75) is 4.90 Å². The molecule has 1 fully saturated rings. The molecule has 2 amide bonds. The van der Waals surface area contributed by atoms with Crippen LogP contribution in [0, 0.1) is 0 Å². The fraction of sp³-hybridized carbons (Fsp3) is 0.0556. The third-order valence-electron chi connectivity index (χ3n) is 3.91. The van der Waals surface area contributed by atoms with Crippen molar-refractivity contribution in [3.8, 4) is 0 Å². The molecule has 3 N–H and O–H groups in total. The molecule has 12 heteroatoms. The molecule has 0 unspecified atom stereocenters. The summed E-state index contributed by atoms with van der Waals surface area (Å²) in [6.07, 6.45) is 1.57. The Balaban J connectivity index is 1.70. The lowest BCUT2D eigenvalue weighted by molar-refractivity contribution is -0.126. The number of hydrogen-bond donors (Lipinski definition) is 2. The van der Waals surface area contributed by atoms with Gasteiger partial charge in [0.05, 0.1) is 19.8 Å². The Morgan fingerprint density at radius 2 is 1.87 bits per heavy atom. The Labute approximate surface area is 192 Å². The number of thioether (sulfide) groups is 1. The predicted octanol–water partition coefficient (Wildman–Crippen LogP) is 3.48. The molecule has 0 aromatic heterocycles. The molecule has 3 rings (SSSR count). The van der Waals surface area contributed by atoms with E-state index in [2.05, 4.69) is 5.32 Å². The van der Waals surface area contributed by atoms with Gasteiger partial charge in [-0.3, -0.25) is 14.5 Å². The quantitative estimate of drug-likeness (QED) is 0.479. The molecule has 0 saturated carbocycles. The van der Waals surface area contributed by atoms with Crippen LogP contribution in [0.15, 0.2) is 52.3 Å². The van der Waals surface area contributed by atoms with Gasteiger partial charge in [0.25, 0.3) is 5.91 Å². The maximum absolute atomic E-state index is 12.7. The van der Waals surface area contributed by atoms with Crippen molar-refractivity contribution in [3.05, 3.63) is 63.0 Å². The van der Waals surface area contributed by atoms with Gasteiger partial charge < -0.3 is 5.32 Å². The fourth-order valence-corrected chi connectivity index (χ4v) is 4.61. The SMILES string of the molecule is NS(=O)(=O)c1ccc(NC(=O)CN2C(=O)/C(=C/c3cccc(Cl)c3Cl)SC2=S)cc1. The maximum Gasteiger partial charge on any atom is 0.266 e. The van der Waals surface area contributed by atoms with Gasteiger partial charge in [0, 0.05) is 5.69 Å². The first-order chi connectivity index (χ1) is 14.1. The third kappa shape index (κ3) is 5.20. The van der Waals surface area contributed by atoms with E-state index in [1.165, 1.54) is 29.2 Å². The lowest BCUT2D eigenvalue weighted by atomic mass is 10.2. The van der Waals surface area contributed by atoms with Gasteiger partial charge in [0.15, 0.2) is 0 Å². The Morgan fingerprint density at radius 3 is 2.50 bits per heavy atom. The minimum absolute atomic E-state index is 0.0812. The average Bonchev–Trinajstić information content (AvgIpc) is 2.92. The van der Waals surface area contributed by atoms with E-state index in [1.54, 1.807) is 24.3 Å². The number of nitrogens with two attached hydrogens (primary N) is 1. The highest BCUT2D eigenvalue weighted by molar-refractivity contribution is 8.26. The number of hydrogen-bond acceptors (Lipinski definition) is 6. The van der Waals surface area contributed by atoms with Crippen molar-refractivity contribution >= 4 is 85.1 Å². The van der Waals surface area contributed by atoms with E-state index < -0.39 is 21.8 Å². The number of carbonyl (C=O) groups excluding carboxylic acids is 2. The van der Waals surface area contributed by atoms with Crippen LogP contribution < -0.4 is 10.5 Å². The first-order valence-corrected chi connectivity index (χ1v) is 11.7. The number of thiocarbonyl (C=S) groups is 1. The van der Waals surface area contributed by atoms with Crippen LogP contribution in [-0.4, -0.2) is 36.0 Å². The maximum atomic E-state index is 12.7. The highest BCUT2D eigenvalue weighted by Gasteiger charge is 2.33. The molecule has 0 spiro atoms. The zero-order valence-electron chi connectivity index (χ0n) is 15.0. The molecule has 2 aromatic carbocycles. The number of benzene rings is 2. The number of primary sulfonamides is 1. The first kappa shape index (κ1) is 22.7. The molecule has 1 aliphatic heterocycles. The minimum Gasteiger partial charge on any atom is -0.325 e. The van der Waals surface area contributed by atoms with E-state index in [1.807, 2.05) is 0 Å². The zero-order valence-corrected chi connectivity index (χ0v) is 18.9. The number of sulfonamides is 1. The van der Waals surface area contributed by atoms with Gasteiger partial charge in [0.2, 0.25) is 15.9 Å². The predicted molar refractivity (Wildman–Crippen MR) is 123 cm³/mol. The molecular weight excluding hydrogens is 489 g/mol. The van der Waals surface area contributed by atoms with E-state index in [9.17, 15) is 18.0 Å². The zero-order chi connectivity index (χ0) is 22.1. The summed E-state index contributed by atoms with van der Waals surface area (Å²) in [5, 5.41) is 8.28. The van der Waals surface area contributed by atoms with Gasteiger partial charge in [-0.15, -0.1) is 0 Å². The van der Waals surface area contributed by atoms with Crippen LogP contribution in [0.2, 0.25) is 10.0 Å². The van der Waals surface area contributed by atoms with Gasteiger partial charge in [-0.05, 0) is 42.0 Å². The van der Waals surface area contributed by atoms with E-state index in [0.717, 1.165) is 11.8 Å². The Morgan fingerprint density at radius 1 is 1.20 bits per heavy atom. The summed E-state index contributed by atoms with van der Waals surface area (Å²) in [6, 6.07) is 10.4. The van der Waals surface area contributed by atoms with Crippen LogP contribution in [0.5, 0.6) is 0 Å². The van der Waals surface area contributed by atoms with E-state index in [-0.39, 0.29) is 15.8 Å². The third-order valence-corrected chi connectivity index (χ3v) is 7.05. The molecule has 1 aliphatic rings. The summed E-state index contributed by atoms with van der Waals surface area (Å²) in [4.78, 5) is 26.4. The molecule has 0 bridgehead atoms. The lowest BCUT2D eigenvalue weighted by Gasteiger charge is -2.14. The molecular formula is C18H13Cl2N3O4S3. The monoisotopic (exact) mass is 501 g/mol. The van der Waals surface area contributed by atoms with Crippen LogP contribution in [0.25, 0.3) is 6.08 Å². The molecule has 0 atom stereocenters. The van der Waals surface area contributed by atoms with Crippen LogP contribution >= 0.6 is 47.2 Å². The normalized spacial score (nSPS) is 15.7. The Kier molecular flexibility index (Phi) is 6.85. The highest BCUT2D eigenvalue weighted by Crippen LogP contribution is 2.35. The van der Waals surface area contributed by atoms with Crippen LogP contribution in [0.1, 0.15) is 5.56 Å². The number of halogens is 2. The molecule has 1 saturated heterocycles. The van der Waals surface area contributed by atoms with Crippen molar-refractivity contribution < 1.29 is 18.0 Å². The van der Waals surface area contributed by atoms with Crippen molar-refractivity contribution in [2.75, 3.05) is 11.9 Å². The standard InChI is InChI=1S/C18H13Cl2N3O4S3/c19-13-3-1-2-10(16(13)20)8-14-17(25)23(18(28)29-14)9-15(24)22-11-4-6-12(7-5-11)30(21,26)27/h1-8H,9H2,(H,22,24)(H2,21,26,27)/b14-8-. The number of amides is 2. The largest absolute Gasteiger partial charge is 0.325 e. The molecule has 7 nitrogen and oxygen atoms in total. The Hall–Kier alpha value is -1.95. The van der Waals surface area contributed by atoms with Crippen LogP contribution in [0.4, 0.5) is 5.69 Å². The van der Waals surface area contributed by atoms with Gasteiger partial charge in [-0.2, -0.15) is 0 Å². The average molecular weight is 502 g/mol. The van der Waals surface area contributed by atoms with E-state index >= 15 is 0 Å². The number of nitrogens with one attached hydrogen (secondary N) is 1. The number of rotatable bonds is 5.